The maximum absolute atomic E-state index is 12.6. The lowest BCUT2D eigenvalue weighted by atomic mass is 10.1. The molecule has 0 bridgehead atoms. The van der Waals surface area contributed by atoms with Crippen molar-refractivity contribution in [3.8, 4) is 17.2 Å². The number of allylic oxidation sites excluding steroid dienone is 3. The van der Waals surface area contributed by atoms with Gasteiger partial charge in [-0.1, -0.05) is 29.4 Å². The molecule has 0 unspecified atom stereocenters. The highest BCUT2D eigenvalue weighted by Crippen LogP contribution is 2.26. The van der Waals surface area contributed by atoms with E-state index in [1.54, 1.807) is 37.5 Å². The largest absolute Gasteiger partial charge is 0.496 e. The van der Waals surface area contributed by atoms with Gasteiger partial charge in [0, 0.05) is 6.07 Å². The van der Waals surface area contributed by atoms with E-state index < -0.39 is 0 Å². The predicted molar refractivity (Wildman–Crippen MR) is 123 cm³/mol. The minimum Gasteiger partial charge on any atom is -0.496 e. The first kappa shape index (κ1) is 23.0. The molecular formula is C26H30O4. The Morgan fingerprint density at radius 2 is 1.40 bits per heavy atom. The predicted octanol–water partition coefficient (Wildman–Crippen LogP) is 6.28. The Morgan fingerprint density at radius 3 is 1.97 bits per heavy atom. The highest BCUT2D eigenvalue weighted by Gasteiger charge is 2.11. The van der Waals surface area contributed by atoms with Gasteiger partial charge in [0.05, 0.1) is 12.7 Å². The summed E-state index contributed by atoms with van der Waals surface area (Å²) in [6.07, 6.45) is 7.34. The molecule has 158 valence electrons. The molecule has 0 amide bonds. The molecule has 30 heavy (non-hydrogen) atoms. The molecule has 0 spiro atoms. The summed E-state index contributed by atoms with van der Waals surface area (Å²) >= 11 is 0. The first-order chi connectivity index (χ1) is 14.4. The van der Waals surface area contributed by atoms with Crippen LogP contribution in [0.2, 0.25) is 0 Å². The van der Waals surface area contributed by atoms with Crippen LogP contribution in [0.15, 0.2) is 71.8 Å². The summed E-state index contributed by atoms with van der Waals surface area (Å²) in [7, 11) is 1.55. The smallest absolute Gasteiger partial charge is 0.189 e. The molecule has 0 saturated heterocycles. The van der Waals surface area contributed by atoms with Gasteiger partial charge in [-0.2, -0.15) is 0 Å². The first-order valence-corrected chi connectivity index (χ1v) is 9.92. The number of benzene rings is 2. The molecule has 4 heteroatoms. The lowest BCUT2D eigenvalue weighted by molar-refractivity contribution is 0.104. The average Bonchev–Trinajstić information content (AvgIpc) is 2.72. The normalized spacial score (nSPS) is 10.4. The van der Waals surface area contributed by atoms with E-state index >= 15 is 0 Å². The molecule has 2 aromatic carbocycles. The average molecular weight is 407 g/mol. The van der Waals surface area contributed by atoms with Crippen molar-refractivity contribution in [3.63, 3.8) is 0 Å². The van der Waals surface area contributed by atoms with Crippen LogP contribution in [0.25, 0.3) is 6.08 Å². The number of carbonyl (C=O) groups excluding carboxylic acids is 1. The summed E-state index contributed by atoms with van der Waals surface area (Å²) in [4.78, 5) is 12.6. The summed E-state index contributed by atoms with van der Waals surface area (Å²) in [5, 5.41) is 0. The molecule has 0 atom stereocenters. The minimum atomic E-state index is -0.133. The van der Waals surface area contributed by atoms with Gasteiger partial charge in [0.1, 0.15) is 30.5 Å². The van der Waals surface area contributed by atoms with Crippen molar-refractivity contribution in [1.82, 2.24) is 0 Å². The number of rotatable bonds is 10. The summed E-state index contributed by atoms with van der Waals surface area (Å²) in [5.74, 6) is 1.81. The summed E-state index contributed by atoms with van der Waals surface area (Å²) in [6.45, 7) is 9.13. The van der Waals surface area contributed by atoms with E-state index in [0.29, 0.717) is 30.3 Å². The number of methoxy groups -OCH3 is 1. The molecule has 0 heterocycles. The number of hydrogen-bond donors (Lipinski definition) is 0. The van der Waals surface area contributed by atoms with Crippen LogP contribution in [0.3, 0.4) is 0 Å². The van der Waals surface area contributed by atoms with Crippen molar-refractivity contribution in [2.75, 3.05) is 20.3 Å². The molecule has 0 aliphatic carbocycles. The van der Waals surface area contributed by atoms with Crippen LogP contribution in [0.4, 0.5) is 0 Å². The van der Waals surface area contributed by atoms with E-state index in [4.69, 9.17) is 14.2 Å². The Hall–Kier alpha value is -3.27. The Bertz CT molecular complexity index is 926. The molecule has 0 aliphatic heterocycles. The second-order valence-corrected chi connectivity index (χ2v) is 7.31. The number of ketones is 1. The second-order valence-electron chi connectivity index (χ2n) is 7.31. The van der Waals surface area contributed by atoms with Gasteiger partial charge in [-0.15, -0.1) is 0 Å². The molecule has 0 aliphatic rings. The zero-order valence-corrected chi connectivity index (χ0v) is 18.4. The zero-order chi connectivity index (χ0) is 21.9. The molecular weight excluding hydrogens is 376 g/mol. The topological polar surface area (TPSA) is 44.8 Å². The van der Waals surface area contributed by atoms with Crippen molar-refractivity contribution in [1.29, 1.82) is 0 Å². The van der Waals surface area contributed by atoms with Gasteiger partial charge < -0.3 is 14.2 Å². The van der Waals surface area contributed by atoms with E-state index in [9.17, 15) is 4.79 Å². The van der Waals surface area contributed by atoms with Gasteiger partial charge in [-0.25, -0.2) is 0 Å². The fourth-order valence-corrected chi connectivity index (χ4v) is 2.51. The molecule has 0 aromatic heterocycles. The monoisotopic (exact) mass is 406 g/mol. The van der Waals surface area contributed by atoms with Crippen LogP contribution in [0, 0.1) is 0 Å². The Morgan fingerprint density at radius 1 is 0.833 bits per heavy atom. The molecule has 0 fully saturated rings. The maximum Gasteiger partial charge on any atom is 0.189 e. The van der Waals surface area contributed by atoms with E-state index in [1.807, 2.05) is 64.1 Å². The number of hydrogen-bond acceptors (Lipinski definition) is 4. The van der Waals surface area contributed by atoms with Crippen LogP contribution in [-0.4, -0.2) is 26.1 Å². The third-order valence-corrected chi connectivity index (χ3v) is 4.23. The SMILES string of the molecule is COc1cc(OCC=C(C)C)ccc1C(=O)C=Cc1ccc(OCC=C(C)C)cc1. The summed E-state index contributed by atoms with van der Waals surface area (Å²) < 4.78 is 16.7. The molecule has 0 radical (unpaired) electrons. The van der Waals surface area contributed by atoms with Gasteiger partial charge in [-0.3, -0.25) is 4.79 Å². The van der Waals surface area contributed by atoms with Crippen molar-refractivity contribution < 1.29 is 19.0 Å². The van der Waals surface area contributed by atoms with E-state index in [2.05, 4.69) is 0 Å². The van der Waals surface area contributed by atoms with Crippen molar-refractivity contribution >= 4 is 11.9 Å². The standard InChI is InChI=1S/C26H30O4/c1-19(2)14-16-29-22-9-6-21(7-10-22)8-13-25(27)24-12-11-23(18-26(24)28-5)30-17-15-20(3)4/h6-15,18H,16-17H2,1-5H3. The molecule has 2 aromatic rings. The molecule has 0 saturated carbocycles. The lowest BCUT2D eigenvalue weighted by Crippen LogP contribution is -2.01. The van der Waals surface area contributed by atoms with Gasteiger partial charge in [0.15, 0.2) is 5.78 Å². The van der Waals surface area contributed by atoms with E-state index in [1.165, 1.54) is 11.1 Å². The van der Waals surface area contributed by atoms with Gasteiger partial charge in [0.2, 0.25) is 0 Å². The summed E-state index contributed by atoms with van der Waals surface area (Å²) in [5.41, 5.74) is 3.81. The lowest BCUT2D eigenvalue weighted by Gasteiger charge is -2.09. The highest BCUT2D eigenvalue weighted by atomic mass is 16.5. The molecule has 4 nitrogen and oxygen atoms in total. The first-order valence-electron chi connectivity index (χ1n) is 9.92. The van der Waals surface area contributed by atoms with Crippen LogP contribution in [0.5, 0.6) is 17.2 Å². The third kappa shape index (κ3) is 7.63. The van der Waals surface area contributed by atoms with Crippen LogP contribution in [0.1, 0.15) is 43.6 Å². The maximum atomic E-state index is 12.6. The minimum absolute atomic E-state index is 0.133. The Labute approximate surface area is 179 Å². The summed E-state index contributed by atoms with van der Waals surface area (Å²) in [6, 6.07) is 12.9. The number of carbonyl (C=O) groups is 1. The van der Waals surface area contributed by atoms with Crippen molar-refractivity contribution in [2.45, 2.75) is 27.7 Å². The fraction of sp³-hybridized carbons (Fsp3) is 0.269. The quantitative estimate of drug-likeness (QED) is 0.265. The van der Waals surface area contributed by atoms with Crippen molar-refractivity contribution in [2.24, 2.45) is 0 Å². The molecule has 2 rings (SSSR count). The molecule has 0 N–H and O–H groups in total. The van der Waals surface area contributed by atoms with Gasteiger partial charge in [-0.05, 0) is 75.8 Å². The van der Waals surface area contributed by atoms with Crippen molar-refractivity contribution in [3.05, 3.63) is 83.0 Å². The van der Waals surface area contributed by atoms with Gasteiger partial charge in [0.25, 0.3) is 0 Å². The Balaban J connectivity index is 2.03. The van der Waals surface area contributed by atoms with Crippen LogP contribution < -0.4 is 14.2 Å². The van der Waals surface area contributed by atoms with Crippen LogP contribution >= 0.6 is 0 Å². The Kier molecular flexibility index (Phi) is 8.95. The zero-order valence-electron chi connectivity index (χ0n) is 18.4. The van der Waals surface area contributed by atoms with Gasteiger partial charge >= 0.3 is 0 Å². The van der Waals surface area contributed by atoms with E-state index in [0.717, 1.165) is 11.3 Å². The van der Waals surface area contributed by atoms with E-state index in [-0.39, 0.29) is 5.78 Å². The number of ether oxygens (including phenoxy) is 3. The fourth-order valence-electron chi connectivity index (χ4n) is 2.51. The third-order valence-electron chi connectivity index (χ3n) is 4.23. The second kappa shape index (κ2) is 11.7. The highest BCUT2D eigenvalue weighted by molar-refractivity contribution is 6.08. The van der Waals surface area contributed by atoms with Crippen LogP contribution in [-0.2, 0) is 0 Å².